The highest BCUT2D eigenvalue weighted by atomic mass is 16.5. The van der Waals surface area contributed by atoms with E-state index < -0.39 is 0 Å². The van der Waals surface area contributed by atoms with Gasteiger partial charge < -0.3 is 14.8 Å². The molecule has 0 bridgehead atoms. The summed E-state index contributed by atoms with van der Waals surface area (Å²) in [5.74, 6) is 1.41. The van der Waals surface area contributed by atoms with E-state index in [0.29, 0.717) is 0 Å². The van der Waals surface area contributed by atoms with Crippen LogP contribution < -0.4 is 14.8 Å². The third-order valence-electron chi connectivity index (χ3n) is 3.12. The van der Waals surface area contributed by atoms with Crippen LogP contribution in [0, 0.1) is 0 Å². The fourth-order valence-electron chi connectivity index (χ4n) is 1.96. The van der Waals surface area contributed by atoms with Crippen molar-refractivity contribution in [2.45, 2.75) is 33.2 Å². The Bertz CT molecular complexity index is 494. The van der Waals surface area contributed by atoms with Crippen LogP contribution in [0.2, 0.25) is 0 Å². The molecule has 4 heteroatoms. The lowest BCUT2D eigenvalue weighted by molar-refractivity contribution is -0.118. The Labute approximate surface area is 120 Å². The van der Waals surface area contributed by atoms with Gasteiger partial charge in [-0.3, -0.25) is 4.79 Å². The van der Waals surface area contributed by atoms with E-state index >= 15 is 0 Å². The maximum Gasteiger partial charge on any atom is 0.247 e. The molecule has 20 heavy (non-hydrogen) atoms. The van der Waals surface area contributed by atoms with Crippen LogP contribution in [0.1, 0.15) is 38.8 Å². The van der Waals surface area contributed by atoms with Crippen molar-refractivity contribution in [1.29, 1.82) is 0 Å². The van der Waals surface area contributed by atoms with Crippen LogP contribution >= 0.6 is 0 Å². The first-order valence-corrected chi connectivity index (χ1v) is 6.73. The van der Waals surface area contributed by atoms with Crippen LogP contribution in [0.25, 0.3) is 0 Å². The molecule has 1 unspecified atom stereocenters. The fraction of sp³-hybridized carbons (Fsp3) is 0.438. The van der Waals surface area contributed by atoms with Crippen LogP contribution in [0.5, 0.6) is 11.5 Å². The fourth-order valence-corrected chi connectivity index (χ4v) is 1.96. The summed E-state index contributed by atoms with van der Waals surface area (Å²) in [5.41, 5.74) is 1.62. The quantitative estimate of drug-likeness (QED) is 0.812. The van der Waals surface area contributed by atoms with E-state index in [1.165, 1.54) is 0 Å². The molecule has 0 aromatic heterocycles. The third kappa shape index (κ3) is 4.02. The van der Waals surface area contributed by atoms with Gasteiger partial charge >= 0.3 is 0 Å². The molecule has 0 spiro atoms. The normalized spacial score (nSPS) is 12.8. The molecule has 1 aromatic rings. The van der Waals surface area contributed by atoms with Gasteiger partial charge in [-0.05, 0) is 38.5 Å². The number of amides is 1. The molecule has 1 amide bonds. The zero-order valence-corrected chi connectivity index (χ0v) is 12.8. The first kappa shape index (κ1) is 16.1. The lowest BCUT2D eigenvalue weighted by Gasteiger charge is -2.18. The Balaban J connectivity index is 2.93. The van der Waals surface area contributed by atoms with E-state index in [9.17, 15) is 4.79 Å². The predicted octanol–water partition coefficient (Wildman–Crippen LogP) is 3.24. The second-order valence-corrected chi connectivity index (χ2v) is 4.60. The van der Waals surface area contributed by atoms with Crippen molar-refractivity contribution in [2.24, 2.45) is 0 Å². The van der Waals surface area contributed by atoms with Crippen LogP contribution in [-0.2, 0) is 4.79 Å². The standard InChI is InChI=1S/C16H23NO3/c1-6-7-11(2)16(18)17-12(3)14-10-13(19-4)8-9-15(14)20-5/h7-10,12H,6H2,1-5H3,(H,17,18)/b11-7+. The number of carbonyl (C=O) groups excluding carboxylic acids is 1. The molecular weight excluding hydrogens is 254 g/mol. The van der Waals surface area contributed by atoms with Crippen LogP contribution in [0.3, 0.4) is 0 Å². The number of hydrogen-bond acceptors (Lipinski definition) is 3. The van der Waals surface area contributed by atoms with Gasteiger partial charge in [0.05, 0.1) is 20.3 Å². The first-order chi connectivity index (χ1) is 9.53. The van der Waals surface area contributed by atoms with E-state index in [0.717, 1.165) is 29.1 Å². The van der Waals surface area contributed by atoms with E-state index in [1.54, 1.807) is 14.2 Å². The van der Waals surface area contributed by atoms with Crippen molar-refractivity contribution in [3.05, 3.63) is 35.4 Å². The average molecular weight is 277 g/mol. The van der Waals surface area contributed by atoms with Gasteiger partial charge in [0.1, 0.15) is 11.5 Å². The molecule has 0 heterocycles. The van der Waals surface area contributed by atoms with Crippen molar-refractivity contribution in [3.8, 4) is 11.5 Å². The van der Waals surface area contributed by atoms with Gasteiger partial charge in [-0.2, -0.15) is 0 Å². The summed E-state index contributed by atoms with van der Waals surface area (Å²) in [7, 11) is 3.23. The lowest BCUT2D eigenvalue weighted by Crippen LogP contribution is -2.27. The van der Waals surface area contributed by atoms with Crippen LogP contribution in [0.15, 0.2) is 29.8 Å². The SMILES string of the molecule is CC/C=C(\C)C(=O)NC(C)c1cc(OC)ccc1OC. The largest absolute Gasteiger partial charge is 0.497 e. The summed E-state index contributed by atoms with van der Waals surface area (Å²) < 4.78 is 10.5. The van der Waals surface area contributed by atoms with Crippen molar-refractivity contribution in [2.75, 3.05) is 14.2 Å². The maximum atomic E-state index is 12.0. The number of benzene rings is 1. The van der Waals surface area contributed by atoms with Crippen LogP contribution in [0.4, 0.5) is 0 Å². The molecule has 0 aliphatic rings. The van der Waals surface area contributed by atoms with E-state index in [4.69, 9.17) is 9.47 Å². The number of nitrogens with one attached hydrogen (secondary N) is 1. The monoisotopic (exact) mass is 277 g/mol. The minimum absolute atomic E-state index is 0.0655. The first-order valence-electron chi connectivity index (χ1n) is 6.73. The van der Waals surface area contributed by atoms with Crippen molar-refractivity contribution >= 4 is 5.91 Å². The molecule has 0 radical (unpaired) electrons. The molecule has 0 aliphatic heterocycles. The number of ether oxygens (including phenoxy) is 2. The van der Waals surface area contributed by atoms with Crippen molar-refractivity contribution < 1.29 is 14.3 Å². The molecule has 0 fully saturated rings. The Morgan fingerprint density at radius 1 is 1.35 bits per heavy atom. The van der Waals surface area contributed by atoms with E-state index in [-0.39, 0.29) is 11.9 Å². The Morgan fingerprint density at radius 3 is 2.60 bits per heavy atom. The van der Waals surface area contributed by atoms with Gasteiger partial charge in [0.15, 0.2) is 0 Å². The highest BCUT2D eigenvalue weighted by Gasteiger charge is 2.15. The third-order valence-corrected chi connectivity index (χ3v) is 3.12. The molecule has 0 saturated carbocycles. The Hall–Kier alpha value is -1.97. The van der Waals surface area contributed by atoms with Crippen molar-refractivity contribution in [3.63, 3.8) is 0 Å². The zero-order chi connectivity index (χ0) is 15.1. The number of rotatable bonds is 6. The summed E-state index contributed by atoms with van der Waals surface area (Å²) >= 11 is 0. The Kier molecular flexibility index (Phi) is 6.10. The molecule has 4 nitrogen and oxygen atoms in total. The Morgan fingerprint density at radius 2 is 2.05 bits per heavy atom. The number of allylic oxidation sites excluding steroid dienone is 1. The summed E-state index contributed by atoms with van der Waals surface area (Å²) in [5, 5.41) is 2.96. The summed E-state index contributed by atoms with van der Waals surface area (Å²) in [4.78, 5) is 12.0. The van der Waals surface area contributed by atoms with Crippen molar-refractivity contribution in [1.82, 2.24) is 5.32 Å². The van der Waals surface area contributed by atoms with Gasteiger partial charge in [-0.25, -0.2) is 0 Å². The van der Waals surface area contributed by atoms with Crippen LogP contribution in [-0.4, -0.2) is 20.1 Å². The summed E-state index contributed by atoms with van der Waals surface area (Å²) in [6.07, 6.45) is 2.75. The minimum atomic E-state index is -0.159. The second kappa shape index (κ2) is 7.58. The molecule has 110 valence electrons. The molecule has 1 N–H and O–H groups in total. The van der Waals surface area contributed by atoms with Gasteiger partial charge in [0, 0.05) is 11.1 Å². The topological polar surface area (TPSA) is 47.6 Å². The minimum Gasteiger partial charge on any atom is -0.497 e. The highest BCUT2D eigenvalue weighted by molar-refractivity contribution is 5.93. The zero-order valence-electron chi connectivity index (χ0n) is 12.8. The molecule has 0 saturated heterocycles. The molecule has 1 rings (SSSR count). The van der Waals surface area contributed by atoms with Gasteiger partial charge in [-0.15, -0.1) is 0 Å². The molecule has 0 aliphatic carbocycles. The average Bonchev–Trinajstić information content (AvgIpc) is 2.46. The molecule has 1 atom stereocenters. The van der Waals surface area contributed by atoms with Gasteiger partial charge in [0.25, 0.3) is 0 Å². The number of methoxy groups -OCH3 is 2. The van der Waals surface area contributed by atoms with E-state index in [1.807, 2.05) is 45.0 Å². The van der Waals surface area contributed by atoms with Gasteiger partial charge in [0.2, 0.25) is 5.91 Å². The number of hydrogen-bond donors (Lipinski definition) is 1. The predicted molar refractivity (Wildman–Crippen MR) is 80.2 cm³/mol. The molecular formula is C16H23NO3. The second-order valence-electron chi connectivity index (χ2n) is 4.60. The van der Waals surface area contributed by atoms with E-state index in [2.05, 4.69) is 5.32 Å². The molecule has 1 aromatic carbocycles. The lowest BCUT2D eigenvalue weighted by atomic mass is 10.1. The van der Waals surface area contributed by atoms with Gasteiger partial charge in [-0.1, -0.05) is 13.0 Å². The highest BCUT2D eigenvalue weighted by Crippen LogP contribution is 2.29. The summed E-state index contributed by atoms with van der Waals surface area (Å²) in [6.45, 7) is 5.74. The number of carbonyl (C=O) groups is 1. The smallest absolute Gasteiger partial charge is 0.247 e. The maximum absolute atomic E-state index is 12.0. The summed E-state index contributed by atoms with van der Waals surface area (Å²) in [6, 6.07) is 5.39.